The zero-order valence-electron chi connectivity index (χ0n) is 15.3. The molecule has 1 heterocycles. The first-order valence-corrected chi connectivity index (χ1v) is 10.1. The van der Waals surface area contributed by atoms with Crippen molar-refractivity contribution in [2.45, 2.75) is 0 Å². The van der Waals surface area contributed by atoms with Gasteiger partial charge in [-0.1, -0.05) is 88.2 Å². The third-order valence-electron chi connectivity index (χ3n) is 4.21. The summed E-state index contributed by atoms with van der Waals surface area (Å²) in [5, 5.41) is 4.90. The molecule has 0 unspecified atom stereocenters. The Morgan fingerprint density at radius 2 is 1.41 bits per heavy atom. The summed E-state index contributed by atoms with van der Waals surface area (Å²) in [6.07, 6.45) is 1.65. The molecule has 0 radical (unpaired) electrons. The zero-order chi connectivity index (χ0) is 20.1. The third-order valence-corrected chi connectivity index (χ3v) is 5.08. The predicted molar refractivity (Wildman–Crippen MR) is 123 cm³/mol. The maximum Gasteiger partial charge on any atom is 0.244 e. The quantitative estimate of drug-likeness (QED) is 0.265. The maximum absolute atomic E-state index is 6.18. The minimum absolute atomic E-state index is 0.410. The van der Waals surface area contributed by atoms with Crippen molar-refractivity contribution in [3.05, 3.63) is 100.0 Å². The molecule has 0 spiro atoms. The highest BCUT2D eigenvalue weighted by molar-refractivity contribution is 9.10. The van der Waals surface area contributed by atoms with Gasteiger partial charge in [-0.15, -0.1) is 0 Å². The van der Waals surface area contributed by atoms with E-state index in [0.29, 0.717) is 11.0 Å². The molecule has 0 saturated heterocycles. The smallest absolute Gasteiger partial charge is 0.244 e. The molecule has 0 atom stereocenters. The molecule has 0 fully saturated rings. The van der Waals surface area contributed by atoms with Gasteiger partial charge < -0.3 is 0 Å². The fourth-order valence-corrected chi connectivity index (χ4v) is 3.21. The molecular formula is C23H16BrClN4. The summed E-state index contributed by atoms with van der Waals surface area (Å²) in [7, 11) is 0. The zero-order valence-corrected chi connectivity index (χ0v) is 17.6. The first kappa shape index (κ1) is 19.3. The SMILES string of the molecule is Clc1ccccc1/C=N/Nc1nc(-c2ccccc2)cc(-c2ccc(Br)cc2)n1. The van der Waals surface area contributed by atoms with Crippen molar-refractivity contribution in [2.24, 2.45) is 5.10 Å². The molecular weight excluding hydrogens is 448 g/mol. The second-order valence-electron chi connectivity index (χ2n) is 6.23. The summed E-state index contributed by atoms with van der Waals surface area (Å²) in [4.78, 5) is 9.25. The molecule has 0 amide bonds. The van der Waals surface area contributed by atoms with Gasteiger partial charge in [0.1, 0.15) is 0 Å². The molecule has 1 aromatic heterocycles. The van der Waals surface area contributed by atoms with Gasteiger partial charge in [-0.05, 0) is 24.3 Å². The number of benzene rings is 3. The Hall–Kier alpha value is -3.02. The monoisotopic (exact) mass is 462 g/mol. The Morgan fingerprint density at radius 1 is 0.793 bits per heavy atom. The van der Waals surface area contributed by atoms with Gasteiger partial charge in [-0.2, -0.15) is 5.10 Å². The van der Waals surface area contributed by atoms with Gasteiger partial charge in [-0.25, -0.2) is 15.4 Å². The number of nitrogens with zero attached hydrogens (tertiary/aromatic N) is 3. The molecule has 0 bridgehead atoms. The molecule has 29 heavy (non-hydrogen) atoms. The van der Waals surface area contributed by atoms with Crippen molar-refractivity contribution in [2.75, 3.05) is 5.43 Å². The number of halogens is 2. The van der Waals surface area contributed by atoms with Crippen LogP contribution in [0.15, 0.2) is 94.5 Å². The van der Waals surface area contributed by atoms with Crippen LogP contribution >= 0.6 is 27.5 Å². The van der Waals surface area contributed by atoms with Crippen LogP contribution in [-0.4, -0.2) is 16.2 Å². The van der Waals surface area contributed by atoms with Crippen LogP contribution in [0, 0.1) is 0 Å². The van der Waals surface area contributed by atoms with Crippen molar-refractivity contribution >= 4 is 39.7 Å². The standard InChI is InChI=1S/C23H16BrClN4/c24-19-12-10-17(11-13-19)22-14-21(16-6-2-1-3-7-16)27-23(28-22)29-26-15-18-8-4-5-9-20(18)25/h1-15H,(H,27,28,29)/b26-15+. The van der Waals surface area contributed by atoms with Crippen LogP contribution in [0.2, 0.25) is 5.02 Å². The molecule has 6 heteroatoms. The minimum atomic E-state index is 0.410. The summed E-state index contributed by atoms with van der Waals surface area (Å²) >= 11 is 9.65. The lowest BCUT2D eigenvalue weighted by Gasteiger charge is -2.08. The van der Waals surface area contributed by atoms with Gasteiger partial charge in [0.2, 0.25) is 5.95 Å². The molecule has 0 saturated carbocycles. The number of hydrazone groups is 1. The number of hydrogen-bond donors (Lipinski definition) is 1. The van der Waals surface area contributed by atoms with E-state index >= 15 is 0 Å². The Balaban J connectivity index is 1.69. The normalized spacial score (nSPS) is 11.0. The highest BCUT2D eigenvalue weighted by Gasteiger charge is 2.08. The van der Waals surface area contributed by atoms with Gasteiger partial charge in [0, 0.05) is 26.2 Å². The van der Waals surface area contributed by atoms with Gasteiger partial charge in [0.15, 0.2) is 0 Å². The molecule has 3 aromatic carbocycles. The molecule has 4 nitrogen and oxygen atoms in total. The van der Waals surface area contributed by atoms with Crippen LogP contribution in [0.5, 0.6) is 0 Å². The van der Waals surface area contributed by atoms with Crippen molar-refractivity contribution in [3.63, 3.8) is 0 Å². The van der Waals surface area contributed by atoms with Crippen molar-refractivity contribution < 1.29 is 0 Å². The average Bonchev–Trinajstić information content (AvgIpc) is 2.76. The van der Waals surface area contributed by atoms with E-state index < -0.39 is 0 Å². The molecule has 1 N–H and O–H groups in total. The van der Waals surface area contributed by atoms with Crippen LogP contribution in [0.25, 0.3) is 22.5 Å². The molecule has 142 valence electrons. The largest absolute Gasteiger partial charge is 0.245 e. The summed E-state index contributed by atoms with van der Waals surface area (Å²) in [5.74, 6) is 0.410. The van der Waals surface area contributed by atoms with Crippen LogP contribution in [-0.2, 0) is 0 Å². The van der Waals surface area contributed by atoms with Crippen molar-refractivity contribution in [1.82, 2.24) is 9.97 Å². The van der Waals surface area contributed by atoms with E-state index in [2.05, 4.69) is 36.4 Å². The number of nitrogens with one attached hydrogen (secondary N) is 1. The molecule has 0 aliphatic rings. The lowest BCUT2D eigenvalue weighted by atomic mass is 10.1. The Kier molecular flexibility index (Phi) is 5.98. The molecule has 0 aliphatic heterocycles. The first-order chi connectivity index (χ1) is 14.2. The van der Waals surface area contributed by atoms with Crippen LogP contribution in [0.4, 0.5) is 5.95 Å². The number of hydrogen-bond acceptors (Lipinski definition) is 4. The minimum Gasteiger partial charge on any atom is -0.245 e. The lowest BCUT2D eigenvalue weighted by molar-refractivity contribution is 1.13. The van der Waals surface area contributed by atoms with Crippen molar-refractivity contribution in [1.29, 1.82) is 0 Å². The van der Waals surface area contributed by atoms with E-state index in [4.69, 9.17) is 11.6 Å². The van der Waals surface area contributed by atoms with Crippen LogP contribution < -0.4 is 5.43 Å². The second-order valence-corrected chi connectivity index (χ2v) is 7.55. The second kappa shape index (κ2) is 8.99. The first-order valence-electron chi connectivity index (χ1n) is 8.93. The van der Waals surface area contributed by atoms with Gasteiger partial charge >= 0.3 is 0 Å². The molecule has 0 aliphatic carbocycles. The highest BCUT2D eigenvalue weighted by atomic mass is 79.9. The Morgan fingerprint density at radius 3 is 2.10 bits per heavy atom. The van der Waals surface area contributed by atoms with Gasteiger partial charge in [-0.3, -0.25) is 0 Å². The van der Waals surface area contributed by atoms with Crippen LogP contribution in [0.1, 0.15) is 5.56 Å². The van der Waals surface area contributed by atoms with Crippen LogP contribution in [0.3, 0.4) is 0 Å². The van der Waals surface area contributed by atoms with Gasteiger partial charge in [0.25, 0.3) is 0 Å². The lowest BCUT2D eigenvalue weighted by Crippen LogP contribution is -2.00. The predicted octanol–water partition coefficient (Wildman–Crippen LogP) is 6.67. The number of rotatable bonds is 5. The highest BCUT2D eigenvalue weighted by Crippen LogP contribution is 2.26. The topological polar surface area (TPSA) is 50.2 Å². The fraction of sp³-hybridized carbons (Fsp3) is 0. The van der Waals surface area contributed by atoms with E-state index in [-0.39, 0.29) is 0 Å². The molecule has 4 aromatic rings. The number of anilines is 1. The summed E-state index contributed by atoms with van der Waals surface area (Å²) < 4.78 is 1.02. The Bertz CT molecular complexity index is 1150. The summed E-state index contributed by atoms with van der Waals surface area (Å²) in [6, 6.07) is 27.5. The third kappa shape index (κ3) is 4.88. The van der Waals surface area contributed by atoms with E-state index in [0.717, 1.165) is 32.6 Å². The molecule has 4 rings (SSSR count). The van der Waals surface area contributed by atoms with E-state index in [1.54, 1.807) is 6.21 Å². The summed E-state index contributed by atoms with van der Waals surface area (Å²) in [6.45, 7) is 0. The van der Waals surface area contributed by atoms with E-state index in [9.17, 15) is 0 Å². The van der Waals surface area contributed by atoms with E-state index in [1.807, 2.05) is 84.9 Å². The average molecular weight is 464 g/mol. The number of aromatic nitrogens is 2. The summed E-state index contributed by atoms with van der Waals surface area (Å²) in [5.41, 5.74) is 7.36. The fourth-order valence-electron chi connectivity index (χ4n) is 2.76. The van der Waals surface area contributed by atoms with E-state index in [1.165, 1.54) is 0 Å². The maximum atomic E-state index is 6.18. The van der Waals surface area contributed by atoms with Crippen molar-refractivity contribution in [3.8, 4) is 22.5 Å². The van der Waals surface area contributed by atoms with Gasteiger partial charge in [0.05, 0.1) is 17.6 Å². The Labute approximate surface area is 182 Å².